The summed E-state index contributed by atoms with van der Waals surface area (Å²) in [5.74, 6) is -0.653. The maximum absolute atomic E-state index is 12.8. The second-order valence-electron chi connectivity index (χ2n) is 6.32. The summed E-state index contributed by atoms with van der Waals surface area (Å²) < 4.78 is 31.2. The van der Waals surface area contributed by atoms with Gasteiger partial charge in [0, 0.05) is 11.8 Å². The molecule has 0 radical (unpaired) electrons. The number of nitrogens with one attached hydrogen (secondary N) is 1. The van der Waals surface area contributed by atoms with Crippen LogP contribution in [0.2, 0.25) is 0 Å². The van der Waals surface area contributed by atoms with Crippen molar-refractivity contribution in [3.63, 3.8) is 0 Å². The molecule has 4 rings (SSSR count). The number of aromatic nitrogens is 3. The molecule has 6 nitrogen and oxygen atoms in total. The highest BCUT2D eigenvalue weighted by Crippen LogP contribution is 2.27. The number of carbonyl (C=O) groups is 1. The van der Waals surface area contributed by atoms with E-state index in [0.29, 0.717) is 5.65 Å². The van der Waals surface area contributed by atoms with Crippen LogP contribution < -0.4 is 10.1 Å². The lowest BCUT2D eigenvalue weighted by Gasteiger charge is -2.11. The first-order valence-corrected chi connectivity index (χ1v) is 8.78. The first kappa shape index (κ1) is 18.5. The first-order valence-electron chi connectivity index (χ1n) is 8.78. The lowest BCUT2D eigenvalue weighted by atomic mass is 10.1. The first-order chi connectivity index (χ1) is 14.0. The summed E-state index contributed by atoms with van der Waals surface area (Å²) >= 11 is 0. The molecule has 0 aliphatic rings. The largest absolute Gasteiger partial charge is 0.433 e. The predicted molar refractivity (Wildman–Crippen MR) is 104 cm³/mol. The van der Waals surface area contributed by atoms with Gasteiger partial charge in [-0.15, -0.1) is 0 Å². The van der Waals surface area contributed by atoms with Gasteiger partial charge in [0.15, 0.2) is 5.65 Å². The molecule has 0 saturated heterocycles. The van der Waals surface area contributed by atoms with Crippen molar-refractivity contribution >= 4 is 17.2 Å². The quantitative estimate of drug-likeness (QED) is 0.539. The second-order valence-corrected chi connectivity index (χ2v) is 6.32. The standard InChI is InChI=1S/C21H16F2N4O2/c1-13-6-8-14(9-7-13)17-10-11-24-19-15(12-25-27(17)19)20(28)26-16-4-2-3-5-18(16)29-21(22)23/h2-12,21H,1H3,(H,26,28). The minimum absolute atomic E-state index is 0.124. The maximum atomic E-state index is 12.8. The molecule has 0 unspecified atom stereocenters. The van der Waals surface area contributed by atoms with Gasteiger partial charge in [-0.25, -0.2) is 9.50 Å². The van der Waals surface area contributed by atoms with Crippen LogP contribution in [0.3, 0.4) is 0 Å². The topological polar surface area (TPSA) is 68.5 Å². The van der Waals surface area contributed by atoms with Crippen molar-refractivity contribution in [1.29, 1.82) is 0 Å². The molecule has 2 aromatic heterocycles. The maximum Gasteiger partial charge on any atom is 0.387 e. The lowest BCUT2D eigenvalue weighted by molar-refractivity contribution is -0.0493. The van der Waals surface area contributed by atoms with Gasteiger partial charge in [0.05, 0.1) is 17.6 Å². The van der Waals surface area contributed by atoms with Gasteiger partial charge < -0.3 is 10.1 Å². The molecule has 0 spiro atoms. The number of ether oxygens (including phenoxy) is 1. The summed E-state index contributed by atoms with van der Waals surface area (Å²) in [7, 11) is 0. The van der Waals surface area contributed by atoms with E-state index in [0.717, 1.165) is 16.8 Å². The van der Waals surface area contributed by atoms with E-state index in [2.05, 4.69) is 20.1 Å². The van der Waals surface area contributed by atoms with Crippen LogP contribution in [0, 0.1) is 6.92 Å². The number of benzene rings is 2. The fourth-order valence-corrected chi connectivity index (χ4v) is 2.95. The van der Waals surface area contributed by atoms with E-state index in [-0.39, 0.29) is 17.0 Å². The van der Waals surface area contributed by atoms with Gasteiger partial charge in [0.2, 0.25) is 0 Å². The Morgan fingerprint density at radius 1 is 1.10 bits per heavy atom. The van der Waals surface area contributed by atoms with E-state index >= 15 is 0 Å². The van der Waals surface area contributed by atoms with Gasteiger partial charge in [-0.05, 0) is 25.1 Å². The molecule has 29 heavy (non-hydrogen) atoms. The summed E-state index contributed by atoms with van der Waals surface area (Å²) in [6, 6.07) is 15.7. The van der Waals surface area contributed by atoms with Crippen LogP contribution >= 0.6 is 0 Å². The highest BCUT2D eigenvalue weighted by atomic mass is 19.3. The molecular weight excluding hydrogens is 378 g/mol. The highest BCUT2D eigenvalue weighted by Gasteiger charge is 2.18. The molecule has 0 fully saturated rings. The van der Waals surface area contributed by atoms with Crippen LogP contribution in [-0.4, -0.2) is 27.1 Å². The zero-order chi connectivity index (χ0) is 20.4. The highest BCUT2D eigenvalue weighted by molar-refractivity contribution is 6.08. The molecule has 146 valence electrons. The minimum atomic E-state index is -3.00. The van der Waals surface area contributed by atoms with E-state index in [1.807, 2.05) is 31.2 Å². The van der Waals surface area contributed by atoms with E-state index in [4.69, 9.17) is 0 Å². The summed E-state index contributed by atoms with van der Waals surface area (Å²) in [5.41, 5.74) is 3.53. The molecule has 0 atom stereocenters. The fraction of sp³-hybridized carbons (Fsp3) is 0.0952. The smallest absolute Gasteiger partial charge is 0.387 e. The number of para-hydroxylation sites is 2. The van der Waals surface area contributed by atoms with Crippen LogP contribution in [0.25, 0.3) is 16.9 Å². The number of hydrogen-bond acceptors (Lipinski definition) is 4. The third kappa shape index (κ3) is 3.77. The zero-order valence-electron chi connectivity index (χ0n) is 15.3. The van der Waals surface area contributed by atoms with Crippen LogP contribution in [0.15, 0.2) is 67.0 Å². The SMILES string of the molecule is Cc1ccc(-c2ccnc3c(C(=O)Nc4ccccc4OC(F)F)cnn23)cc1. The van der Waals surface area contributed by atoms with Crippen LogP contribution in [0.5, 0.6) is 5.75 Å². The average Bonchev–Trinajstić information content (AvgIpc) is 3.14. The average molecular weight is 394 g/mol. The zero-order valence-corrected chi connectivity index (χ0v) is 15.3. The molecule has 0 aliphatic heterocycles. The van der Waals surface area contributed by atoms with Gasteiger partial charge in [-0.1, -0.05) is 42.0 Å². The fourth-order valence-electron chi connectivity index (χ4n) is 2.95. The molecule has 1 N–H and O–H groups in total. The molecule has 0 aliphatic carbocycles. The number of amides is 1. The Labute approximate surface area is 164 Å². The molecule has 1 amide bonds. The van der Waals surface area contributed by atoms with Gasteiger partial charge in [0.25, 0.3) is 5.91 Å². The Morgan fingerprint density at radius 3 is 2.62 bits per heavy atom. The van der Waals surface area contributed by atoms with E-state index in [1.54, 1.807) is 22.8 Å². The number of halogens is 2. The minimum Gasteiger partial charge on any atom is -0.433 e. The van der Waals surface area contributed by atoms with Crippen molar-refractivity contribution < 1.29 is 18.3 Å². The summed E-state index contributed by atoms with van der Waals surface area (Å²) in [5, 5.41) is 6.88. The molecule has 2 heterocycles. The molecular formula is C21H16F2N4O2. The number of nitrogens with zero attached hydrogens (tertiary/aromatic N) is 3. The Hall–Kier alpha value is -3.81. The van der Waals surface area contributed by atoms with Crippen LogP contribution in [0.1, 0.15) is 15.9 Å². The van der Waals surface area contributed by atoms with E-state index in [9.17, 15) is 13.6 Å². The number of anilines is 1. The van der Waals surface area contributed by atoms with Crippen molar-refractivity contribution in [3.8, 4) is 17.0 Å². The number of rotatable bonds is 5. The number of alkyl halides is 2. The molecule has 2 aromatic carbocycles. The molecule has 4 aromatic rings. The Bertz CT molecular complexity index is 1170. The van der Waals surface area contributed by atoms with Crippen molar-refractivity contribution in [3.05, 3.63) is 78.1 Å². The van der Waals surface area contributed by atoms with Crippen molar-refractivity contribution in [2.75, 3.05) is 5.32 Å². The Morgan fingerprint density at radius 2 is 1.86 bits per heavy atom. The van der Waals surface area contributed by atoms with Crippen molar-refractivity contribution in [1.82, 2.24) is 14.6 Å². The van der Waals surface area contributed by atoms with E-state index < -0.39 is 12.5 Å². The third-order valence-electron chi connectivity index (χ3n) is 4.34. The third-order valence-corrected chi connectivity index (χ3v) is 4.34. The normalized spacial score (nSPS) is 11.0. The van der Waals surface area contributed by atoms with Gasteiger partial charge in [-0.2, -0.15) is 13.9 Å². The van der Waals surface area contributed by atoms with Crippen LogP contribution in [0.4, 0.5) is 14.5 Å². The number of fused-ring (bicyclic) bond motifs is 1. The number of hydrogen-bond donors (Lipinski definition) is 1. The van der Waals surface area contributed by atoms with E-state index in [1.165, 1.54) is 24.4 Å². The number of carbonyl (C=O) groups excluding carboxylic acids is 1. The molecule has 0 bridgehead atoms. The summed E-state index contributed by atoms with van der Waals surface area (Å²) in [6.07, 6.45) is 2.99. The summed E-state index contributed by atoms with van der Waals surface area (Å²) in [4.78, 5) is 17.0. The molecule has 0 saturated carbocycles. The van der Waals surface area contributed by atoms with Crippen molar-refractivity contribution in [2.24, 2.45) is 0 Å². The van der Waals surface area contributed by atoms with Gasteiger partial charge in [-0.3, -0.25) is 4.79 Å². The number of aryl methyl sites for hydroxylation is 1. The lowest BCUT2D eigenvalue weighted by Crippen LogP contribution is -2.14. The monoisotopic (exact) mass is 394 g/mol. The molecule has 8 heteroatoms. The second kappa shape index (κ2) is 7.67. The predicted octanol–water partition coefficient (Wildman–Crippen LogP) is 4.56. The summed E-state index contributed by atoms with van der Waals surface area (Å²) in [6.45, 7) is -0.999. The Balaban J connectivity index is 1.68. The van der Waals surface area contributed by atoms with Crippen molar-refractivity contribution in [2.45, 2.75) is 13.5 Å². The van der Waals surface area contributed by atoms with Gasteiger partial charge in [0.1, 0.15) is 11.3 Å². The van der Waals surface area contributed by atoms with Gasteiger partial charge >= 0.3 is 6.61 Å². The Kier molecular flexibility index (Phi) is 4.90. The van der Waals surface area contributed by atoms with Crippen LogP contribution in [-0.2, 0) is 0 Å².